The van der Waals surface area contributed by atoms with Crippen molar-refractivity contribution in [3.05, 3.63) is 78.4 Å². The third-order valence-corrected chi connectivity index (χ3v) is 11.2. The van der Waals surface area contributed by atoms with Gasteiger partial charge in [-0.3, -0.25) is 19.2 Å². The molecule has 5 rings (SSSR count). The lowest BCUT2D eigenvalue weighted by Crippen LogP contribution is -2.60. The van der Waals surface area contributed by atoms with E-state index in [1.165, 1.54) is 28.7 Å². The minimum absolute atomic E-state index is 0.0423. The molecule has 5 atom stereocenters. The van der Waals surface area contributed by atoms with Gasteiger partial charge in [0.2, 0.25) is 11.8 Å². The normalized spacial score (nSPS) is 19.2. The molecule has 2 fully saturated rings. The molecule has 0 unspecified atom stereocenters. The summed E-state index contributed by atoms with van der Waals surface area (Å²) >= 11 is 1.31. The number of hydrogen-bond acceptors (Lipinski definition) is 11. The van der Waals surface area contributed by atoms with E-state index >= 15 is 0 Å². The summed E-state index contributed by atoms with van der Waals surface area (Å²) in [6, 6.07) is 16.8. The van der Waals surface area contributed by atoms with E-state index in [0.717, 1.165) is 23.4 Å². The molecule has 0 radical (unpaired) electrons. The summed E-state index contributed by atoms with van der Waals surface area (Å²) in [6.07, 6.45) is 0.862. The van der Waals surface area contributed by atoms with E-state index in [-0.39, 0.29) is 18.1 Å². The number of nitrogens with one attached hydrogen (secondary N) is 2. The molecule has 0 bridgehead atoms. The molecule has 4 amide bonds. The highest BCUT2D eigenvalue weighted by atomic mass is 32.2. The number of ether oxygens (including phenoxy) is 2. The van der Waals surface area contributed by atoms with Gasteiger partial charge in [-0.2, -0.15) is 0 Å². The first-order valence-corrected chi connectivity index (χ1v) is 20.4. The number of sulfone groups is 1. The second kappa shape index (κ2) is 17.9. The second-order valence-electron chi connectivity index (χ2n) is 13.1. The molecule has 3 N–H and O–H groups in total. The van der Waals surface area contributed by atoms with Crippen molar-refractivity contribution in [1.82, 2.24) is 20.4 Å². The maximum Gasteiger partial charge on any atom is 0.328 e. The number of thioether (sulfide) groups is 1. The van der Waals surface area contributed by atoms with E-state index in [4.69, 9.17) is 9.47 Å². The van der Waals surface area contributed by atoms with Crippen molar-refractivity contribution in [3.8, 4) is 5.75 Å². The topological polar surface area (TPSA) is 189 Å². The van der Waals surface area contributed by atoms with E-state index in [0.29, 0.717) is 30.7 Å². The van der Waals surface area contributed by atoms with Gasteiger partial charge in [0.1, 0.15) is 33.7 Å². The van der Waals surface area contributed by atoms with Crippen molar-refractivity contribution in [2.45, 2.75) is 56.0 Å². The zero-order chi connectivity index (χ0) is 38.1. The molecule has 3 aromatic rings. The Bertz CT molecular complexity index is 1910. The van der Waals surface area contributed by atoms with Crippen LogP contribution in [0.3, 0.4) is 0 Å². The molecule has 3 aromatic carbocycles. The molecule has 16 heteroatoms. The van der Waals surface area contributed by atoms with Gasteiger partial charge in [0, 0.05) is 23.9 Å². The minimum atomic E-state index is -3.83. The molecule has 2 aliphatic rings. The van der Waals surface area contributed by atoms with Gasteiger partial charge in [0.05, 0.1) is 24.8 Å². The molecule has 0 spiro atoms. The molecular formula is C37H44N4O10S2. The SMILES string of the molecule is COC(=O)[C@@H]1CCCCN1C(=O)[C@@H]1CSCN1C(=O)[C@@H](O)[C@H](Cc1ccccc1)NC(=O)[C@H](CS(C)(=O)=O)NC(=O)COc1cccc2ccccc12. The van der Waals surface area contributed by atoms with Gasteiger partial charge in [-0.15, -0.1) is 11.8 Å². The van der Waals surface area contributed by atoms with Gasteiger partial charge in [0.15, 0.2) is 12.7 Å². The Morgan fingerprint density at radius 2 is 1.64 bits per heavy atom. The predicted molar refractivity (Wildman–Crippen MR) is 198 cm³/mol. The molecule has 53 heavy (non-hydrogen) atoms. The molecule has 0 aromatic heterocycles. The van der Waals surface area contributed by atoms with Gasteiger partial charge < -0.3 is 35.0 Å². The van der Waals surface area contributed by atoms with Gasteiger partial charge in [-0.1, -0.05) is 66.7 Å². The number of carbonyl (C=O) groups is 5. The monoisotopic (exact) mass is 768 g/mol. The number of fused-ring (bicyclic) bond motifs is 1. The average Bonchev–Trinajstić information content (AvgIpc) is 3.65. The fourth-order valence-corrected chi connectivity index (χ4v) is 8.55. The summed E-state index contributed by atoms with van der Waals surface area (Å²) in [7, 11) is -2.57. The number of amides is 4. The van der Waals surface area contributed by atoms with E-state index in [2.05, 4.69) is 10.6 Å². The van der Waals surface area contributed by atoms with Crippen LogP contribution in [0.5, 0.6) is 5.75 Å². The highest BCUT2D eigenvalue weighted by Crippen LogP contribution is 2.28. The number of likely N-dealkylation sites (tertiary alicyclic amines) is 1. The van der Waals surface area contributed by atoms with E-state index < -0.39 is 82.1 Å². The smallest absolute Gasteiger partial charge is 0.328 e. The quantitative estimate of drug-likeness (QED) is 0.201. The minimum Gasteiger partial charge on any atom is -0.483 e. The van der Waals surface area contributed by atoms with Crippen LogP contribution in [-0.2, 0) is 45.0 Å². The number of methoxy groups -OCH3 is 1. The molecular weight excluding hydrogens is 725 g/mol. The highest BCUT2D eigenvalue weighted by molar-refractivity contribution is 7.99. The van der Waals surface area contributed by atoms with Crippen molar-refractivity contribution in [2.24, 2.45) is 0 Å². The van der Waals surface area contributed by atoms with Crippen molar-refractivity contribution in [2.75, 3.05) is 43.9 Å². The first-order valence-electron chi connectivity index (χ1n) is 17.2. The number of aliphatic hydroxyl groups excluding tert-OH is 1. The number of carbonyl (C=O) groups excluding carboxylic acids is 5. The van der Waals surface area contributed by atoms with E-state index in [1.807, 2.05) is 30.3 Å². The first-order chi connectivity index (χ1) is 25.4. The zero-order valence-electron chi connectivity index (χ0n) is 29.5. The lowest BCUT2D eigenvalue weighted by atomic mass is 9.98. The van der Waals surface area contributed by atoms with Crippen LogP contribution in [0.1, 0.15) is 24.8 Å². The highest BCUT2D eigenvalue weighted by Gasteiger charge is 2.44. The summed E-state index contributed by atoms with van der Waals surface area (Å²) < 4.78 is 35.5. The number of hydrogen-bond donors (Lipinski definition) is 3. The van der Waals surface area contributed by atoms with Crippen molar-refractivity contribution in [1.29, 1.82) is 0 Å². The first kappa shape index (κ1) is 39.5. The van der Waals surface area contributed by atoms with Gasteiger partial charge in [0.25, 0.3) is 11.8 Å². The molecule has 14 nitrogen and oxygen atoms in total. The molecule has 284 valence electrons. The number of benzene rings is 3. The zero-order valence-corrected chi connectivity index (χ0v) is 31.1. The van der Waals surface area contributed by atoms with E-state index in [1.54, 1.807) is 42.5 Å². The fraction of sp³-hybridized carbons (Fsp3) is 0.432. The Morgan fingerprint density at radius 1 is 0.925 bits per heavy atom. The Balaban J connectivity index is 1.32. The van der Waals surface area contributed by atoms with Gasteiger partial charge in [-0.25, -0.2) is 13.2 Å². The molecule has 0 saturated carbocycles. The number of nitrogens with zero attached hydrogens (tertiary/aromatic N) is 2. The van der Waals surface area contributed by atoms with Crippen molar-refractivity contribution < 1.29 is 47.0 Å². The summed E-state index contributed by atoms with van der Waals surface area (Å²) in [5.74, 6) is -3.54. The summed E-state index contributed by atoms with van der Waals surface area (Å²) in [5, 5.41) is 18.3. The number of piperidine rings is 1. The average molecular weight is 769 g/mol. The largest absolute Gasteiger partial charge is 0.483 e. The fourth-order valence-electron chi connectivity index (χ4n) is 6.55. The Hall–Kier alpha value is -4.67. The lowest BCUT2D eigenvalue weighted by Gasteiger charge is -2.37. The standard InChI is InChI=1S/C37H44N4O10S2/c1-50-37(47)29-16-8-9-18-40(29)35(45)30-21-52-23-41(30)36(46)33(43)27(19-24-11-4-3-5-12-24)39-34(44)28(22-53(2,48)49)38-32(42)20-51-31-17-10-14-25-13-6-7-15-26(25)31/h3-7,10-15,17,27-30,33,43H,8-9,16,18-23H2,1-2H3,(H,38,42)(H,39,44)/t27-,28-,29-,30-,33-/m0/s1. The van der Waals surface area contributed by atoms with Crippen LogP contribution in [0.15, 0.2) is 72.8 Å². The third-order valence-electron chi connectivity index (χ3n) is 9.20. The second-order valence-corrected chi connectivity index (χ2v) is 16.3. The van der Waals surface area contributed by atoms with E-state index in [9.17, 15) is 37.5 Å². The molecule has 2 saturated heterocycles. The number of rotatable bonds is 14. The van der Waals surface area contributed by atoms with Crippen LogP contribution in [0.25, 0.3) is 10.8 Å². The summed E-state index contributed by atoms with van der Waals surface area (Å²) in [4.78, 5) is 69.8. The van der Waals surface area contributed by atoms with Crippen LogP contribution < -0.4 is 15.4 Å². The molecule has 0 aliphatic carbocycles. The van der Waals surface area contributed by atoms with Crippen molar-refractivity contribution in [3.63, 3.8) is 0 Å². The summed E-state index contributed by atoms with van der Waals surface area (Å²) in [5.41, 5.74) is 0.648. The maximum atomic E-state index is 14.0. The van der Waals surface area contributed by atoms with Crippen LogP contribution in [0.4, 0.5) is 0 Å². The van der Waals surface area contributed by atoms with Crippen LogP contribution in [0.2, 0.25) is 0 Å². The van der Waals surface area contributed by atoms with Crippen LogP contribution in [0, 0.1) is 0 Å². The number of esters is 1. The maximum absolute atomic E-state index is 14.0. The molecule has 2 aliphatic heterocycles. The molecule has 2 heterocycles. The Morgan fingerprint density at radius 3 is 2.38 bits per heavy atom. The van der Waals surface area contributed by atoms with Crippen LogP contribution >= 0.6 is 11.8 Å². The lowest BCUT2D eigenvalue weighted by molar-refractivity contribution is -0.158. The van der Waals surface area contributed by atoms with Crippen molar-refractivity contribution >= 4 is 62.0 Å². The summed E-state index contributed by atoms with van der Waals surface area (Å²) in [6.45, 7) is -0.205. The van der Waals surface area contributed by atoms with Gasteiger partial charge in [-0.05, 0) is 42.7 Å². The Labute approximate surface area is 312 Å². The van der Waals surface area contributed by atoms with Gasteiger partial charge >= 0.3 is 5.97 Å². The number of aliphatic hydroxyl groups is 1. The third kappa shape index (κ3) is 10.3. The van der Waals surface area contributed by atoms with Crippen LogP contribution in [-0.4, -0.2) is 127 Å². The predicted octanol–water partition coefficient (Wildman–Crippen LogP) is 1.29. The Kier molecular flexibility index (Phi) is 13.4.